The maximum atomic E-state index is 13.6. The van der Waals surface area contributed by atoms with Crippen molar-refractivity contribution in [3.63, 3.8) is 0 Å². The third-order valence-electron chi connectivity index (χ3n) is 7.62. The second-order valence-electron chi connectivity index (χ2n) is 10.2. The van der Waals surface area contributed by atoms with Crippen LogP contribution in [0.2, 0.25) is 5.02 Å². The average Bonchev–Trinajstić information content (AvgIpc) is 3.06. The Balaban J connectivity index is 1.26. The second-order valence-corrected chi connectivity index (χ2v) is 10.6. The summed E-state index contributed by atoms with van der Waals surface area (Å²) in [6, 6.07) is 5.66. The molecule has 1 saturated carbocycles. The van der Waals surface area contributed by atoms with Crippen molar-refractivity contribution in [2.75, 3.05) is 18.0 Å². The first-order chi connectivity index (χ1) is 16.6. The van der Waals surface area contributed by atoms with Crippen molar-refractivity contribution in [3.05, 3.63) is 58.4 Å². The summed E-state index contributed by atoms with van der Waals surface area (Å²) in [6.07, 6.45) is -0.642. The zero-order chi connectivity index (χ0) is 24.5. The van der Waals surface area contributed by atoms with E-state index >= 15 is 0 Å². The van der Waals surface area contributed by atoms with Gasteiger partial charge in [-0.2, -0.15) is 13.2 Å². The van der Waals surface area contributed by atoms with Gasteiger partial charge in [-0.1, -0.05) is 11.6 Å². The van der Waals surface area contributed by atoms with Crippen molar-refractivity contribution in [2.24, 2.45) is 5.41 Å². The van der Waals surface area contributed by atoms with Crippen LogP contribution in [0.25, 0.3) is 5.69 Å². The molecular weight excluding hydrogens is 479 g/mol. The Morgan fingerprint density at radius 3 is 2.60 bits per heavy atom. The summed E-state index contributed by atoms with van der Waals surface area (Å²) in [5.74, 6) is 2.31. The summed E-state index contributed by atoms with van der Waals surface area (Å²) < 4.78 is 42.7. The lowest BCUT2D eigenvalue weighted by atomic mass is 9.57. The third kappa shape index (κ3) is 3.87. The fourth-order valence-electron chi connectivity index (χ4n) is 5.71. The van der Waals surface area contributed by atoms with Gasteiger partial charge < -0.3 is 4.90 Å². The Morgan fingerprint density at radius 2 is 1.89 bits per heavy atom. The monoisotopic (exact) mass is 503 g/mol. The Hall–Kier alpha value is -2.72. The molecule has 0 radical (unpaired) electrons. The fraction of sp³-hybridized carbons (Fsp3) is 0.500. The molecule has 1 saturated heterocycles. The van der Waals surface area contributed by atoms with Gasteiger partial charge in [0.15, 0.2) is 5.82 Å². The van der Waals surface area contributed by atoms with Crippen LogP contribution in [0.3, 0.4) is 0 Å². The molecule has 2 fully saturated rings. The molecule has 1 aromatic carbocycles. The molecular formula is C24H25ClF3N7. The lowest BCUT2D eigenvalue weighted by Gasteiger charge is -2.58. The third-order valence-corrected chi connectivity index (χ3v) is 7.85. The first kappa shape index (κ1) is 22.7. The van der Waals surface area contributed by atoms with E-state index in [1.54, 1.807) is 18.3 Å². The molecule has 2 aliphatic heterocycles. The summed E-state index contributed by atoms with van der Waals surface area (Å²) in [5.41, 5.74) is 2.70. The molecule has 184 valence electrons. The molecule has 1 unspecified atom stereocenters. The largest absolute Gasteiger partial charge is 0.403 e. The first-order valence-electron chi connectivity index (χ1n) is 11.7. The van der Waals surface area contributed by atoms with Crippen molar-refractivity contribution >= 4 is 17.5 Å². The molecule has 35 heavy (non-hydrogen) atoms. The van der Waals surface area contributed by atoms with E-state index in [-0.39, 0.29) is 24.4 Å². The summed E-state index contributed by atoms with van der Waals surface area (Å²) >= 11 is 6.23. The van der Waals surface area contributed by atoms with E-state index in [1.807, 2.05) is 23.6 Å². The van der Waals surface area contributed by atoms with Crippen LogP contribution in [0.5, 0.6) is 0 Å². The molecule has 1 spiro atoms. The first-order valence-corrected chi connectivity index (χ1v) is 12.1. The maximum Gasteiger partial charge on any atom is 0.403 e. The quantitative estimate of drug-likeness (QED) is 0.517. The van der Waals surface area contributed by atoms with Crippen LogP contribution < -0.4 is 4.90 Å². The van der Waals surface area contributed by atoms with Crippen molar-refractivity contribution < 1.29 is 13.2 Å². The van der Waals surface area contributed by atoms with Gasteiger partial charge >= 0.3 is 6.18 Å². The Bertz CT molecular complexity index is 1280. The topological polar surface area (TPSA) is 63.0 Å². The number of benzene rings is 1. The van der Waals surface area contributed by atoms with Crippen LogP contribution in [0.15, 0.2) is 30.5 Å². The van der Waals surface area contributed by atoms with E-state index in [9.17, 15) is 13.2 Å². The number of nitrogens with zero attached hydrogens (tertiary/aromatic N) is 7. The highest BCUT2D eigenvalue weighted by Crippen LogP contribution is 2.56. The van der Waals surface area contributed by atoms with Crippen LogP contribution in [0.1, 0.15) is 48.6 Å². The summed E-state index contributed by atoms with van der Waals surface area (Å²) in [5, 5.41) is 9.34. The second kappa shape index (κ2) is 7.89. The summed E-state index contributed by atoms with van der Waals surface area (Å²) in [6.45, 7) is 5.15. The van der Waals surface area contributed by atoms with E-state index < -0.39 is 12.2 Å². The Morgan fingerprint density at radius 1 is 1.11 bits per heavy atom. The Labute approximate surface area is 205 Å². The van der Waals surface area contributed by atoms with Crippen LogP contribution in [-0.2, 0) is 13.1 Å². The number of anilines is 1. The van der Waals surface area contributed by atoms with E-state index in [0.29, 0.717) is 10.8 Å². The van der Waals surface area contributed by atoms with Crippen molar-refractivity contribution in [1.82, 2.24) is 29.6 Å². The highest BCUT2D eigenvalue weighted by atomic mass is 35.5. The van der Waals surface area contributed by atoms with E-state index in [1.165, 1.54) is 11.8 Å². The zero-order valence-electron chi connectivity index (χ0n) is 19.4. The average molecular weight is 504 g/mol. The van der Waals surface area contributed by atoms with Gasteiger partial charge in [0, 0.05) is 47.9 Å². The molecule has 3 aromatic rings. The van der Waals surface area contributed by atoms with Gasteiger partial charge in [0.1, 0.15) is 11.9 Å². The molecule has 1 atom stereocenters. The van der Waals surface area contributed by atoms with Gasteiger partial charge in [-0.05, 0) is 56.5 Å². The number of alkyl halides is 3. The standard InChI is InChI=1S/C24H25ClF3N7/c1-14-5-6-29-22(30-14)34-12-23(13-34)8-17(9-23)21-32-31-20-11-33(15(2)24(26,27)28)10-16-7-18(25)3-4-19(16)35(20)21/h3-7,15,17H,8-13H2,1-2H3. The van der Waals surface area contributed by atoms with Crippen LogP contribution >= 0.6 is 11.6 Å². The highest BCUT2D eigenvalue weighted by molar-refractivity contribution is 6.30. The number of aromatic nitrogens is 5. The van der Waals surface area contributed by atoms with Crippen molar-refractivity contribution in [2.45, 2.75) is 57.9 Å². The van der Waals surface area contributed by atoms with Gasteiger partial charge in [0.2, 0.25) is 5.95 Å². The number of hydrogen-bond donors (Lipinski definition) is 0. The summed E-state index contributed by atoms with van der Waals surface area (Å²) in [7, 11) is 0. The van der Waals surface area contributed by atoms with E-state index in [4.69, 9.17) is 11.6 Å². The van der Waals surface area contributed by atoms with Gasteiger partial charge in [-0.25, -0.2) is 9.97 Å². The molecule has 7 nitrogen and oxygen atoms in total. The number of halogens is 4. The van der Waals surface area contributed by atoms with E-state index in [0.717, 1.165) is 54.6 Å². The highest BCUT2D eigenvalue weighted by Gasteiger charge is 2.55. The minimum absolute atomic E-state index is 0.0658. The number of hydrogen-bond acceptors (Lipinski definition) is 6. The van der Waals surface area contributed by atoms with E-state index in [2.05, 4.69) is 25.1 Å². The lowest BCUT2D eigenvalue weighted by Crippen LogP contribution is -2.62. The molecule has 11 heteroatoms. The van der Waals surface area contributed by atoms with Gasteiger partial charge in [-0.15, -0.1) is 10.2 Å². The molecule has 2 aromatic heterocycles. The van der Waals surface area contributed by atoms with Crippen LogP contribution in [-0.4, -0.2) is 54.9 Å². The van der Waals surface area contributed by atoms with Crippen LogP contribution in [0.4, 0.5) is 19.1 Å². The molecule has 0 N–H and O–H groups in total. The minimum Gasteiger partial charge on any atom is -0.340 e. The number of fused-ring (bicyclic) bond motifs is 3. The molecule has 6 rings (SSSR count). The SMILES string of the molecule is Cc1ccnc(N2CC3(CC(c4nnc5n4-c4ccc(Cl)cc4CN(C(C)C(F)(F)F)C5)C3)C2)n1. The predicted molar refractivity (Wildman–Crippen MR) is 125 cm³/mol. The molecule has 0 amide bonds. The molecule has 1 aliphatic carbocycles. The predicted octanol–water partition coefficient (Wildman–Crippen LogP) is 4.67. The molecule has 4 heterocycles. The normalized spacial score (nSPS) is 20.6. The maximum absolute atomic E-state index is 13.6. The Kier molecular flexibility index (Phi) is 5.12. The van der Waals surface area contributed by atoms with Gasteiger partial charge in [0.25, 0.3) is 0 Å². The lowest BCUT2D eigenvalue weighted by molar-refractivity contribution is -0.182. The molecule has 0 bridgehead atoms. The number of aryl methyl sites for hydroxylation is 1. The number of rotatable bonds is 3. The smallest absolute Gasteiger partial charge is 0.340 e. The van der Waals surface area contributed by atoms with Gasteiger partial charge in [0.05, 0.1) is 12.2 Å². The van der Waals surface area contributed by atoms with Crippen molar-refractivity contribution in [1.29, 1.82) is 0 Å². The fourth-order valence-corrected chi connectivity index (χ4v) is 5.91. The summed E-state index contributed by atoms with van der Waals surface area (Å²) in [4.78, 5) is 12.5. The minimum atomic E-state index is -4.34. The van der Waals surface area contributed by atoms with Crippen LogP contribution in [0, 0.1) is 12.3 Å². The van der Waals surface area contributed by atoms with Crippen molar-refractivity contribution in [3.8, 4) is 5.69 Å². The van der Waals surface area contributed by atoms with Gasteiger partial charge in [-0.3, -0.25) is 9.47 Å². The molecule has 3 aliphatic rings. The zero-order valence-corrected chi connectivity index (χ0v) is 20.2.